The molecule has 2 aromatic rings. The van der Waals surface area contributed by atoms with E-state index in [1.807, 2.05) is 43.3 Å². The number of aliphatic hydroxyl groups excluding tert-OH is 1. The number of aromatic nitrogens is 1. The van der Waals surface area contributed by atoms with Gasteiger partial charge in [0, 0.05) is 6.20 Å². The number of benzene rings is 1. The van der Waals surface area contributed by atoms with Crippen molar-refractivity contribution in [2.75, 3.05) is 0 Å². The molecule has 0 saturated carbocycles. The molecule has 0 spiro atoms. The summed E-state index contributed by atoms with van der Waals surface area (Å²) in [7, 11) is 0. The van der Waals surface area contributed by atoms with Gasteiger partial charge in [0.05, 0.1) is 5.69 Å². The zero-order valence-electron chi connectivity index (χ0n) is 10.2. The highest BCUT2D eigenvalue weighted by molar-refractivity contribution is 5.30. The highest BCUT2D eigenvalue weighted by Gasteiger charge is 2.11. The van der Waals surface area contributed by atoms with E-state index in [1.165, 1.54) is 5.56 Å². The molecule has 2 heteroatoms. The third-order valence-corrected chi connectivity index (χ3v) is 2.92. The second-order valence-electron chi connectivity index (χ2n) is 4.26. The van der Waals surface area contributed by atoms with Gasteiger partial charge < -0.3 is 5.11 Å². The first kappa shape index (κ1) is 11.8. The van der Waals surface area contributed by atoms with E-state index in [0.717, 1.165) is 17.5 Å². The van der Waals surface area contributed by atoms with Crippen molar-refractivity contribution in [2.45, 2.75) is 26.4 Å². The first-order valence-electron chi connectivity index (χ1n) is 5.90. The molecule has 17 heavy (non-hydrogen) atoms. The Morgan fingerprint density at radius 1 is 1.18 bits per heavy atom. The van der Waals surface area contributed by atoms with E-state index in [0.29, 0.717) is 5.69 Å². The normalized spacial score (nSPS) is 12.4. The average molecular weight is 227 g/mol. The molecule has 0 saturated heterocycles. The zero-order chi connectivity index (χ0) is 12.3. The summed E-state index contributed by atoms with van der Waals surface area (Å²) < 4.78 is 0. The Morgan fingerprint density at radius 3 is 2.47 bits per heavy atom. The zero-order valence-corrected chi connectivity index (χ0v) is 10.2. The summed E-state index contributed by atoms with van der Waals surface area (Å²) >= 11 is 0. The van der Waals surface area contributed by atoms with Gasteiger partial charge in [0.2, 0.25) is 0 Å². The second kappa shape index (κ2) is 5.11. The maximum Gasteiger partial charge on any atom is 0.121 e. The quantitative estimate of drug-likeness (QED) is 0.874. The molecule has 1 aromatic heterocycles. The van der Waals surface area contributed by atoms with E-state index in [2.05, 4.69) is 11.9 Å². The lowest BCUT2D eigenvalue weighted by Gasteiger charge is -2.11. The molecular weight excluding hydrogens is 210 g/mol. The van der Waals surface area contributed by atoms with Crippen LogP contribution in [0.1, 0.15) is 35.4 Å². The van der Waals surface area contributed by atoms with Gasteiger partial charge in [-0.15, -0.1) is 0 Å². The van der Waals surface area contributed by atoms with Gasteiger partial charge in [-0.1, -0.05) is 31.2 Å². The van der Waals surface area contributed by atoms with E-state index in [1.54, 1.807) is 6.20 Å². The predicted octanol–water partition coefficient (Wildman–Crippen LogP) is 3.03. The van der Waals surface area contributed by atoms with Crippen LogP contribution in [0.5, 0.6) is 0 Å². The minimum absolute atomic E-state index is 0.638. The van der Waals surface area contributed by atoms with Crippen molar-refractivity contribution in [3.8, 4) is 0 Å². The fourth-order valence-corrected chi connectivity index (χ4v) is 1.82. The standard InChI is InChI=1S/C15H17NO/c1-3-12-4-6-13(7-5-12)15(17)14-10-11(2)8-9-16-14/h4-10,15,17H,3H2,1-2H3. The van der Waals surface area contributed by atoms with Crippen LogP contribution < -0.4 is 0 Å². The second-order valence-corrected chi connectivity index (χ2v) is 4.26. The highest BCUT2D eigenvalue weighted by atomic mass is 16.3. The van der Waals surface area contributed by atoms with Crippen LogP contribution >= 0.6 is 0 Å². The van der Waals surface area contributed by atoms with E-state index in [4.69, 9.17) is 0 Å². The van der Waals surface area contributed by atoms with Gasteiger partial charge >= 0.3 is 0 Å². The van der Waals surface area contributed by atoms with Crippen molar-refractivity contribution in [1.29, 1.82) is 0 Å². The van der Waals surface area contributed by atoms with Crippen molar-refractivity contribution in [2.24, 2.45) is 0 Å². The van der Waals surface area contributed by atoms with Crippen LogP contribution in [0.4, 0.5) is 0 Å². The summed E-state index contributed by atoms with van der Waals surface area (Å²) in [6.45, 7) is 4.12. The third-order valence-electron chi connectivity index (χ3n) is 2.92. The molecule has 0 amide bonds. The SMILES string of the molecule is CCc1ccc(C(O)c2cc(C)ccn2)cc1. The molecule has 1 heterocycles. The number of nitrogens with zero attached hydrogens (tertiary/aromatic N) is 1. The van der Waals surface area contributed by atoms with Crippen LogP contribution in [0, 0.1) is 6.92 Å². The molecule has 1 unspecified atom stereocenters. The molecule has 0 aliphatic rings. The highest BCUT2D eigenvalue weighted by Crippen LogP contribution is 2.21. The summed E-state index contributed by atoms with van der Waals surface area (Å²) in [5.74, 6) is 0. The van der Waals surface area contributed by atoms with Crippen molar-refractivity contribution in [1.82, 2.24) is 4.98 Å². The summed E-state index contributed by atoms with van der Waals surface area (Å²) in [6.07, 6.45) is 2.11. The lowest BCUT2D eigenvalue weighted by atomic mass is 10.0. The van der Waals surface area contributed by atoms with Crippen LogP contribution in [-0.4, -0.2) is 10.1 Å². The van der Waals surface area contributed by atoms with E-state index >= 15 is 0 Å². The lowest BCUT2D eigenvalue weighted by Crippen LogP contribution is -2.02. The van der Waals surface area contributed by atoms with Gasteiger partial charge in [-0.25, -0.2) is 0 Å². The predicted molar refractivity (Wildman–Crippen MR) is 68.9 cm³/mol. The Labute approximate surface area is 102 Å². The Balaban J connectivity index is 2.27. The topological polar surface area (TPSA) is 33.1 Å². The fraction of sp³-hybridized carbons (Fsp3) is 0.267. The van der Waals surface area contributed by atoms with Crippen LogP contribution in [0.3, 0.4) is 0 Å². The van der Waals surface area contributed by atoms with Crippen LogP contribution in [0.25, 0.3) is 0 Å². The molecule has 0 radical (unpaired) electrons. The molecule has 2 rings (SSSR count). The minimum Gasteiger partial charge on any atom is -0.382 e. The smallest absolute Gasteiger partial charge is 0.121 e. The molecule has 1 N–H and O–H groups in total. The minimum atomic E-state index is -0.638. The number of aliphatic hydroxyl groups is 1. The third kappa shape index (κ3) is 2.71. The Morgan fingerprint density at radius 2 is 1.88 bits per heavy atom. The maximum atomic E-state index is 10.2. The van der Waals surface area contributed by atoms with Gasteiger partial charge in [0.15, 0.2) is 0 Å². The van der Waals surface area contributed by atoms with Crippen LogP contribution in [0.15, 0.2) is 42.6 Å². The number of aryl methyl sites for hydroxylation is 2. The van der Waals surface area contributed by atoms with Crippen LogP contribution in [0.2, 0.25) is 0 Å². The average Bonchev–Trinajstić information content (AvgIpc) is 2.38. The summed E-state index contributed by atoms with van der Waals surface area (Å²) in [5.41, 5.74) is 3.98. The molecule has 0 aliphatic carbocycles. The van der Waals surface area contributed by atoms with Gasteiger partial charge in [0.25, 0.3) is 0 Å². The monoisotopic (exact) mass is 227 g/mol. The molecular formula is C15H17NO. The molecule has 2 nitrogen and oxygen atoms in total. The molecule has 1 aromatic carbocycles. The number of rotatable bonds is 3. The van der Waals surface area contributed by atoms with Gasteiger partial charge in [-0.05, 0) is 42.2 Å². The van der Waals surface area contributed by atoms with Crippen LogP contribution in [-0.2, 0) is 6.42 Å². The summed E-state index contributed by atoms with van der Waals surface area (Å²) in [5, 5.41) is 10.2. The molecule has 88 valence electrons. The molecule has 0 aliphatic heterocycles. The molecule has 1 atom stereocenters. The number of hydrogen-bond acceptors (Lipinski definition) is 2. The van der Waals surface area contributed by atoms with Gasteiger partial charge in [-0.2, -0.15) is 0 Å². The van der Waals surface area contributed by atoms with Gasteiger partial charge in [0.1, 0.15) is 6.10 Å². The number of hydrogen-bond donors (Lipinski definition) is 1. The Hall–Kier alpha value is -1.67. The van der Waals surface area contributed by atoms with Crippen molar-refractivity contribution < 1.29 is 5.11 Å². The van der Waals surface area contributed by atoms with Crippen molar-refractivity contribution in [3.05, 3.63) is 65.0 Å². The largest absolute Gasteiger partial charge is 0.382 e. The van der Waals surface area contributed by atoms with E-state index in [-0.39, 0.29) is 0 Å². The first-order valence-corrected chi connectivity index (χ1v) is 5.90. The number of pyridine rings is 1. The fourth-order valence-electron chi connectivity index (χ4n) is 1.82. The molecule has 0 bridgehead atoms. The van der Waals surface area contributed by atoms with Gasteiger partial charge in [-0.3, -0.25) is 4.98 Å². The van der Waals surface area contributed by atoms with Crippen molar-refractivity contribution >= 4 is 0 Å². The van der Waals surface area contributed by atoms with E-state index in [9.17, 15) is 5.11 Å². The Kier molecular flexibility index (Phi) is 3.55. The van der Waals surface area contributed by atoms with E-state index < -0.39 is 6.10 Å². The maximum absolute atomic E-state index is 10.2. The molecule has 0 fully saturated rings. The van der Waals surface area contributed by atoms with Crippen molar-refractivity contribution in [3.63, 3.8) is 0 Å². The Bertz CT molecular complexity index is 491. The first-order chi connectivity index (χ1) is 8.20. The lowest BCUT2D eigenvalue weighted by molar-refractivity contribution is 0.215. The summed E-state index contributed by atoms with van der Waals surface area (Å²) in [6, 6.07) is 11.9. The summed E-state index contributed by atoms with van der Waals surface area (Å²) in [4.78, 5) is 4.21.